The molecule has 0 radical (unpaired) electrons. The summed E-state index contributed by atoms with van der Waals surface area (Å²) in [6.45, 7) is 10.4. The van der Waals surface area contributed by atoms with Crippen LogP contribution in [0.3, 0.4) is 0 Å². The maximum atomic E-state index is 5.57. The zero-order valence-corrected chi connectivity index (χ0v) is 7.05. The summed E-state index contributed by atoms with van der Waals surface area (Å²) in [5.41, 5.74) is 1.25. The van der Waals surface area contributed by atoms with Gasteiger partial charge in [-0.1, -0.05) is 13.5 Å². The number of ether oxygens (including phenoxy) is 1. The summed E-state index contributed by atoms with van der Waals surface area (Å²) in [4.78, 5) is 0. The van der Waals surface area contributed by atoms with E-state index in [0.29, 0.717) is 12.0 Å². The van der Waals surface area contributed by atoms with Gasteiger partial charge in [-0.2, -0.15) is 0 Å². The maximum Gasteiger partial charge on any atom is 0.0760 e. The van der Waals surface area contributed by atoms with Crippen molar-refractivity contribution in [2.45, 2.75) is 39.4 Å². The van der Waals surface area contributed by atoms with Crippen LogP contribution >= 0.6 is 0 Å². The fourth-order valence-corrected chi connectivity index (χ4v) is 1.54. The molecule has 58 valence electrons. The fourth-order valence-electron chi connectivity index (χ4n) is 1.54. The Bertz CT molecular complexity index is 126. The van der Waals surface area contributed by atoms with Gasteiger partial charge in [-0.25, -0.2) is 0 Å². The van der Waals surface area contributed by atoms with E-state index < -0.39 is 0 Å². The Morgan fingerprint density at radius 1 is 1.40 bits per heavy atom. The third-order valence-electron chi connectivity index (χ3n) is 2.28. The fraction of sp³-hybridized carbons (Fsp3) is 0.778. The molecule has 0 saturated carbocycles. The van der Waals surface area contributed by atoms with Gasteiger partial charge in [-0.3, -0.25) is 0 Å². The van der Waals surface area contributed by atoms with Gasteiger partial charge in [0.1, 0.15) is 0 Å². The van der Waals surface area contributed by atoms with E-state index in [1.54, 1.807) is 0 Å². The quantitative estimate of drug-likeness (QED) is 0.469. The molecule has 1 fully saturated rings. The molecule has 0 N–H and O–H groups in total. The minimum absolute atomic E-state index is 0.263. The lowest BCUT2D eigenvalue weighted by Crippen LogP contribution is -2.29. The van der Waals surface area contributed by atoms with E-state index in [0.717, 1.165) is 6.42 Å². The van der Waals surface area contributed by atoms with E-state index in [4.69, 9.17) is 4.74 Å². The normalized spacial score (nSPS) is 41.9. The smallest absolute Gasteiger partial charge is 0.0760 e. The highest BCUT2D eigenvalue weighted by molar-refractivity contribution is 5.07. The molecule has 3 unspecified atom stereocenters. The first-order valence-electron chi connectivity index (χ1n) is 3.95. The molecule has 0 aromatic heterocycles. The van der Waals surface area contributed by atoms with E-state index in [1.165, 1.54) is 5.57 Å². The van der Waals surface area contributed by atoms with Crippen molar-refractivity contribution in [2.24, 2.45) is 5.92 Å². The molecule has 10 heavy (non-hydrogen) atoms. The Morgan fingerprint density at radius 3 is 2.50 bits per heavy atom. The summed E-state index contributed by atoms with van der Waals surface area (Å²) in [7, 11) is 0. The molecule has 0 aromatic rings. The second-order valence-electron chi connectivity index (χ2n) is 3.30. The van der Waals surface area contributed by atoms with Crippen molar-refractivity contribution in [2.75, 3.05) is 0 Å². The standard InChI is InChI=1S/C9H16O/c1-6-5-7(2)10-9(4)8(6)3/h6-7,9H,3,5H2,1-2,4H3. The van der Waals surface area contributed by atoms with Crippen LogP contribution in [0.5, 0.6) is 0 Å². The predicted molar refractivity (Wildman–Crippen MR) is 42.9 cm³/mol. The monoisotopic (exact) mass is 140 g/mol. The first kappa shape index (κ1) is 7.80. The lowest BCUT2D eigenvalue weighted by molar-refractivity contribution is -0.0123. The molecular weight excluding hydrogens is 124 g/mol. The molecule has 1 nitrogen and oxygen atoms in total. The number of hydrogen-bond donors (Lipinski definition) is 0. The maximum absolute atomic E-state index is 5.57. The van der Waals surface area contributed by atoms with Crippen molar-refractivity contribution < 1.29 is 4.74 Å². The molecule has 1 heterocycles. The first-order valence-corrected chi connectivity index (χ1v) is 3.95. The highest BCUT2D eigenvalue weighted by Crippen LogP contribution is 2.27. The van der Waals surface area contributed by atoms with Gasteiger partial charge >= 0.3 is 0 Å². The predicted octanol–water partition coefficient (Wildman–Crippen LogP) is 2.38. The molecule has 1 aliphatic heterocycles. The van der Waals surface area contributed by atoms with Crippen LogP contribution in [0.1, 0.15) is 27.2 Å². The summed E-state index contributed by atoms with van der Waals surface area (Å²) in [6.07, 6.45) is 1.80. The van der Waals surface area contributed by atoms with Crippen LogP contribution in [0, 0.1) is 5.92 Å². The minimum atomic E-state index is 0.263. The number of hydrogen-bond acceptors (Lipinski definition) is 1. The van der Waals surface area contributed by atoms with E-state index in [9.17, 15) is 0 Å². The van der Waals surface area contributed by atoms with E-state index in [-0.39, 0.29) is 6.10 Å². The molecule has 1 heteroatoms. The van der Waals surface area contributed by atoms with Crippen molar-refractivity contribution >= 4 is 0 Å². The van der Waals surface area contributed by atoms with Crippen LogP contribution in [0.15, 0.2) is 12.2 Å². The third-order valence-corrected chi connectivity index (χ3v) is 2.28. The zero-order chi connectivity index (χ0) is 7.72. The molecule has 3 atom stereocenters. The molecule has 0 bridgehead atoms. The van der Waals surface area contributed by atoms with Crippen molar-refractivity contribution in [3.05, 3.63) is 12.2 Å². The Balaban J connectivity index is 2.57. The SMILES string of the molecule is C=C1C(C)CC(C)OC1C. The van der Waals surface area contributed by atoms with Crippen LogP contribution in [0.4, 0.5) is 0 Å². The van der Waals surface area contributed by atoms with E-state index in [2.05, 4.69) is 27.4 Å². The molecule has 1 rings (SSSR count). The van der Waals surface area contributed by atoms with Gasteiger partial charge in [0.05, 0.1) is 12.2 Å². The van der Waals surface area contributed by atoms with Crippen molar-refractivity contribution in [3.8, 4) is 0 Å². The average Bonchev–Trinajstić information content (AvgIpc) is 1.82. The Morgan fingerprint density at radius 2 is 2.00 bits per heavy atom. The second kappa shape index (κ2) is 2.75. The molecule has 1 saturated heterocycles. The van der Waals surface area contributed by atoms with Gasteiger partial charge in [0.2, 0.25) is 0 Å². The lowest BCUT2D eigenvalue weighted by Gasteiger charge is -2.32. The van der Waals surface area contributed by atoms with E-state index in [1.807, 2.05) is 0 Å². The van der Waals surface area contributed by atoms with Crippen molar-refractivity contribution in [3.63, 3.8) is 0 Å². The Labute approximate surface area is 63.1 Å². The zero-order valence-electron chi connectivity index (χ0n) is 7.05. The highest BCUT2D eigenvalue weighted by Gasteiger charge is 2.24. The minimum Gasteiger partial charge on any atom is -0.371 e. The molecule has 0 amide bonds. The van der Waals surface area contributed by atoms with Crippen molar-refractivity contribution in [1.29, 1.82) is 0 Å². The van der Waals surface area contributed by atoms with E-state index >= 15 is 0 Å². The van der Waals surface area contributed by atoms with Crippen LogP contribution in [-0.2, 0) is 4.74 Å². The largest absolute Gasteiger partial charge is 0.371 e. The van der Waals surface area contributed by atoms with Gasteiger partial charge in [0.15, 0.2) is 0 Å². The third kappa shape index (κ3) is 1.40. The average molecular weight is 140 g/mol. The summed E-state index contributed by atoms with van der Waals surface area (Å²) in [5.74, 6) is 0.638. The molecule has 1 aliphatic rings. The van der Waals surface area contributed by atoms with Crippen LogP contribution in [0.2, 0.25) is 0 Å². The van der Waals surface area contributed by atoms with Gasteiger partial charge in [-0.05, 0) is 31.8 Å². The summed E-state index contributed by atoms with van der Waals surface area (Å²) >= 11 is 0. The lowest BCUT2D eigenvalue weighted by atomic mass is 9.90. The van der Waals surface area contributed by atoms with Crippen LogP contribution < -0.4 is 0 Å². The van der Waals surface area contributed by atoms with Gasteiger partial charge < -0.3 is 4.74 Å². The van der Waals surface area contributed by atoms with Gasteiger partial charge in [-0.15, -0.1) is 0 Å². The molecule has 0 aliphatic carbocycles. The molecule has 0 aromatic carbocycles. The second-order valence-corrected chi connectivity index (χ2v) is 3.30. The van der Waals surface area contributed by atoms with Crippen molar-refractivity contribution in [1.82, 2.24) is 0 Å². The topological polar surface area (TPSA) is 9.23 Å². The summed E-state index contributed by atoms with van der Waals surface area (Å²) in [5, 5.41) is 0. The summed E-state index contributed by atoms with van der Waals surface area (Å²) < 4.78 is 5.57. The van der Waals surface area contributed by atoms with Crippen LogP contribution in [0.25, 0.3) is 0 Å². The summed E-state index contributed by atoms with van der Waals surface area (Å²) in [6, 6.07) is 0. The molecular formula is C9H16O. The number of rotatable bonds is 0. The highest BCUT2D eigenvalue weighted by atomic mass is 16.5. The van der Waals surface area contributed by atoms with Gasteiger partial charge in [0.25, 0.3) is 0 Å². The first-order chi connectivity index (χ1) is 4.61. The molecule has 0 spiro atoms. The van der Waals surface area contributed by atoms with Crippen LogP contribution in [-0.4, -0.2) is 12.2 Å². The Kier molecular flexibility index (Phi) is 2.14. The Hall–Kier alpha value is -0.300. The van der Waals surface area contributed by atoms with Gasteiger partial charge in [0, 0.05) is 0 Å².